The van der Waals surface area contributed by atoms with Crippen molar-refractivity contribution in [1.82, 2.24) is 5.32 Å². The first-order valence-corrected chi connectivity index (χ1v) is 11.2. The summed E-state index contributed by atoms with van der Waals surface area (Å²) in [5.74, 6) is -0.414. The molecule has 0 radical (unpaired) electrons. The van der Waals surface area contributed by atoms with E-state index in [0.717, 1.165) is 22.3 Å². The molecule has 1 aliphatic carbocycles. The molecule has 1 saturated carbocycles. The van der Waals surface area contributed by atoms with Gasteiger partial charge in [0.1, 0.15) is 12.4 Å². The largest absolute Gasteiger partial charge is 0.509 e. The van der Waals surface area contributed by atoms with Crippen molar-refractivity contribution in [3.05, 3.63) is 63.9 Å². The summed E-state index contributed by atoms with van der Waals surface area (Å²) in [6.07, 6.45) is -3.68. The number of nitrogens with one attached hydrogen (secondary N) is 1. The average molecular weight is 480 g/mol. The third-order valence-electron chi connectivity index (χ3n) is 6.62. The molecule has 1 amide bonds. The standard InChI is InChI=1S/C25H25ClF3NO3/c1-14-3-8-19(16-4-6-17(26)7-5-16)15(2)20(14)21-22(31)24(30-23(21)32)11-9-18(10-12-24)33-13-25(27,28)29/h3-8,18,31H,9-13H2,1-2H3,(H,30,32)/t18-,24-. The third kappa shape index (κ3) is 4.62. The van der Waals surface area contributed by atoms with E-state index in [4.69, 9.17) is 16.3 Å². The van der Waals surface area contributed by atoms with Crippen LogP contribution < -0.4 is 5.32 Å². The fraction of sp³-hybridized carbons (Fsp3) is 0.400. The molecule has 176 valence electrons. The van der Waals surface area contributed by atoms with Crippen LogP contribution in [0.1, 0.15) is 42.4 Å². The highest BCUT2D eigenvalue weighted by Gasteiger charge is 2.48. The summed E-state index contributed by atoms with van der Waals surface area (Å²) in [7, 11) is 0. The Bertz CT molecular complexity index is 1100. The quantitative estimate of drug-likeness (QED) is 0.542. The predicted octanol–water partition coefficient (Wildman–Crippen LogP) is 6.28. The number of amides is 1. The van der Waals surface area contributed by atoms with Crippen LogP contribution in [0.2, 0.25) is 5.02 Å². The van der Waals surface area contributed by atoms with Gasteiger partial charge in [0.2, 0.25) is 0 Å². The Morgan fingerprint density at radius 1 is 1.12 bits per heavy atom. The van der Waals surface area contributed by atoms with Crippen LogP contribution in [-0.2, 0) is 9.53 Å². The van der Waals surface area contributed by atoms with Gasteiger partial charge in [-0.2, -0.15) is 13.2 Å². The Labute approximate surface area is 195 Å². The lowest BCUT2D eigenvalue weighted by molar-refractivity contribution is -0.188. The fourth-order valence-corrected chi connectivity index (χ4v) is 5.04. The third-order valence-corrected chi connectivity index (χ3v) is 6.87. The molecule has 1 spiro atoms. The van der Waals surface area contributed by atoms with Gasteiger partial charge in [-0.05, 0) is 79.5 Å². The second kappa shape index (κ2) is 8.69. The lowest BCUT2D eigenvalue weighted by Crippen LogP contribution is -2.48. The van der Waals surface area contributed by atoms with Crippen molar-refractivity contribution >= 4 is 23.1 Å². The minimum Gasteiger partial charge on any atom is -0.509 e. The van der Waals surface area contributed by atoms with Crippen LogP contribution in [-0.4, -0.2) is 35.4 Å². The summed E-state index contributed by atoms with van der Waals surface area (Å²) in [5.41, 5.74) is 3.49. The summed E-state index contributed by atoms with van der Waals surface area (Å²) in [4.78, 5) is 13.1. The number of hydrogen-bond acceptors (Lipinski definition) is 3. The van der Waals surface area contributed by atoms with Crippen molar-refractivity contribution in [1.29, 1.82) is 0 Å². The van der Waals surface area contributed by atoms with E-state index in [9.17, 15) is 23.1 Å². The van der Waals surface area contributed by atoms with Gasteiger partial charge in [0.25, 0.3) is 5.91 Å². The number of carbonyl (C=O) groups is 1. The van der Waals surface area contributed by atoms with Gasteiger partial charge in [-0.15, -0.1) is 0 Å². The van der Waals surface area contributed by atoms with Crippen molar-refractivity contribution in [3.8, 4) is 11.1 Å². The lowest BCUT2D eigenvalue weighted by Gasteiger charge is -2.37. The number of alkyl halides is 3. The first-order valence-electron chi connectivity index (χ1n) is 10.8. The van der Waals surface area contributed by atoms with Crippen molar-refractivity contribution in [2.45, 2.75) is 57.3 Å². The normalized spacial score (nSPS) is 23.3. The van der Waals surface area contributed by atoms with Crippen molar-refractivity contribution < 1.29 is 27.8 Å². The van der Waals surface area contributed by atoms with Gasteiger partial charge >= 0.3 is 6.18 Å². The summed E-state index contributed by atoms with van der Waals surface area (Å²) < 4.78 is 42.4. The number of aryl methyl sites for hydroxylation is 1. The first-order chi connectivity index (χ1) is 15.5. The number of aliphatic hydroxyl groups excluding tert-OH is 1. The highest BCUT2D eigenvalue weighted by atomic mass is 35.5. The predicted molar refractivity (Wildman–Crippen MR) is 121 cm³/mol. The molecule has 33 heavy (non-hydrogen) atoms. The number of rotatable bonds is 4. The molecule has 2 aromatic rings. The topological polar surface area (TPSA) is 58.6 Å². The highest BCUT2D eigenvalue weighted by molar-refractivity contribution is 6.30. The minimum atomic E-state index is -4.38. The molecule has 2 aromatic carbocycles. The molecule has 0 saturated heterocycles. The van der Waals surface area contributed by atoms with E-state index < -0.39 is 24.4 Å². The van der Waals surface area contributed by atoms with Crippen molar-refractivity contribution in [3.63, 3.8) is 0 Å². The Morgan fingerprint density at radius 3 is 2.36 bits per heavy atom. The maximum Gasteiger partial charge on any atom is 0.411 e. The van der Waals surface area contributed by atoms with Crippen molar-refractivity contribution in [2.75, 3.05) is 6.61 Å². The maximum absolute atomic E-state index is 13.1. The van der Waals surface area contributed by atoms with Crippen LogP contribution in [0.5, 0.6) is 0 Å². The number of carbonyl (C=O) groups excluding carboxylic acids is 1. The molecule has 8 heteroatoms. The number of halogens is 4. The molecule has 1 heterocycles. The zero-order valence-electron chi connectivity index (χ0n) is 18.4. The molecule has 0 unspecified atom stereocenters. The lowest BCUT2D eigenvalue weighted by atomic mass is 9.78. The second-order valence-electron chi connectivity index (χ2n) is 8.82. The summed E-state index contributed by atoms with van der Waals surface area (Å²) in [5, 5.41) is 14.8. The molecule has 0 bridgehead atoms. The molecular weight excluding hydrogens is 455 g/mol. The van der Waals surface area contributed by atoms with Crippen molar-refractivity contribution in [2.24, 2.45) is 0 Å². The minimum absolute atomic E-state index is 0.0405. The maximum atomic E-state index is 13.1. The van der Waals surface area contributed by atoms with Gasteiger partial charge < -0.3 is 15.2 Å². The van der Waals surface area contributed by atoms with Gasteiger partial charge in [0, 0.05) is 5.02 Å². The van der Waals surface area contributed by atoms with Crippen LogP contribution in [0.15, 0.2) is 42.2 Å². The second-order valence-corrected chi connectivity index (χ2v) is 9.26. The van der Waals surface area contributed by atoms with Gasteiger partial charge in [-0.3, -0.25) is 4.79 Å². The Hall–Kier alpha value is -2.51. The fourth-order valence-electron chi connectivity index (χ4n) is 4.92. The molecule has 1 fully saturated rings. The van der Waals surface area contributed by atoms with E-state index in [0.29, 0.717) is 36.3 Å². The van der Waals surface area contributed by atoms with Gasteiger partial charge in [-0.25, -0.2) is 0 Å². The Morgan fingerprint density at radius 2 is 1.76 bits per heavy atom. The SMILES string of the molecule is Cc1ccc(-c2ccc(Cl)cc2)c(C)c1C1=C(O)[C@]2(CC[C@@H](OCC(F)(F)F)CC2)NC1=O. The smallest absolute Gasteiger partial charge is 0.411 e. The van der Waals surface area contributed by atoms with Crippen LogP contribution in [0, 0.1) is 13.8 Å². The molecule has 4 rings (SSSR count). The Balaban J connectivity index is 1.65. The van der Waals surface area contributed by atoms with Gasteiger partial charge in [0.05, 0.1) is 17.2 Å². The van der Waals surface area contributed by atoms with Crippen LogP contribution in [0.25, 0.3) is 16.7 Å². The zero-order chi connectivity index (χ0) is 24.0. The number of ether oxygens (including phenoxy) is 1. The average Bonchev–Trinajstić information content (AvgIpc) is 2.98. The summed E-state index contributed by atoms with van der Waals surface area (Å²) in [6, 6.07) is 11.3. The van der Waals surface area contributed by atoms with E-state index in [2.05, 4.69) is 5.32 Å². The Kier molecular flexibility index (Phi) is 6.22. The molecule has 1 aliphatic heterocycles. The molecular formula is C25H25ClF3NO3. The number of aliphatic hydroxyl groups is 1. The summed E-state index contributed by atoms with van der Waals surface area (Å²) in [6.45, 7) is 2.50. The van der Waals surface area contributed by atoms with Crippen LogP contribution in [0.3, 0.4) is 0 Å². The van der Waals surface area contributed by atoms with E-state index in [1.807, 2.05) is 38.1 Å². The van der Waals surface area contributed by atoms with E-state index in [1.54, 1.807) is 12.1 Å². The molecule has 2 aliphatic rings. The van der Waals surface area contributed by atoms with E-state index >= 15 is 0 Å². The molecule has 0 atom stereocenters. The monoisotopic (exact) mass is 479 g/mol. The zero-order valence-corrected chi connectivity index (χ0v) is 19.1. The van der Waals surface area contributed by atoms with Gasteiger partial charge in [-0.1, -0.05) is 35.9 Å². The van der Waals surface area contributed by atoms with E-state index in [-0.39, 0.29) is 17.2 Å². The van der Waals surface area contributed by atoms with E-state index in [1.165, 1.54) is 0 Å². The number of benzene rings is 2. The summed E-state index contributed by atoms with van der Waals surface area (Å²) >= 11 is 6.01. The molecule has 2 N–H and O–H groups in total. The van der Waals surface area contributed by atoms with Crippen LogP contribution >= 0.6 is 11.6 Å². The molecule has 0 aromatic heterocycles. The molecule has 4 nitrogen and oxygen atoms in total. The first kappa shape index (κ1) is 23.6. The number of hydrogen-bond donors (Lipinski definition) is 2. The van der Waals surface area contributed by atoms with Gasteiger partial charge in [0.15, 0.2) is 0 Å². The highest BCUT2D eigenvalue weighted by Crippen LogP contribution is 2.44. The van der Waals surface area contributed by atoms with Crippen LogP contribution in [0.4, 0.5) is 13.2 Å².